The van der Waals surface area contributed by atoms with Crippen molar-refractivity contribution in [3.63, 3.8) is 0 Å². The Hall–Kier alpha value is -3.48. The number of H-pyrrole nitrogens is 1. The standard InChI is InChI=1S/C30H35N5O2/c1-29(2)10-11-30(3,4)21-13-18(8-9-20(21)29)17-32-27(36)26-15-19-14-25(19)35(26)28(37)24-16-23(33-34-24)22-7-5-6-12-31-22/h5-9,12-13,16,19,25-26H,10-11,14-15,17H2,1-4H3,(H,32,36)(H,33,34)/t19-,25-,26-/m0/s1. The summed E-state index contributed by atoms with van der Waals surface area (Å²) in [5.41, 5.74) is 5.91. The number of piperidine rings is 1. The number of likely N-dealkylation sites (tertiary alicyclic amines) is 1. The number of benzene rings is 1. The molecule has 0 unspecified atom stereocenters. The van der Waals surface area contributed by atoms with Crippen LogP contribution in [0.4, 0.5) is 0 Å². The molecule has 3 aliphatic rings. The first-order valence-corrected chi connectivity index (χ1v) is 13.4. The number of aromatic nitrogens is 3. The van der Waals surface area contributed by atoms with Crippen LogP contribution in [0.5, 0.6) is 0 Å². The number of rotatable bonds is 5. The number of pyridine rings is 1. The van der Waals surface area contributed by atoms with Crippen LogP contribution in [0.15, 0.2) is 48.7 Å². The molecule has 3 aromatic rings. The molecule has 3 heterocycles. The van der Waals surface area contributed by atoms with Crippen LogP contribution in [0.25, 0.3) is 11.4 Å². The Bertz CT molecular complexity index is 1360. The van der Waals surface area contributed by atoms with Gasteiger partial charge < -0.3 is 10.2 Å². The van der Waals surface area contributed by atoms with Crippen molar-refractivity contribution in [1.82, 2.24) is 25.4 Å². The number of amides is 2. The normalized spacial score (nSPS) is 24.8. The number of nitrogens with zero attached hydrogens (tertiary/aromatic N) is 3. The number of aromatic amines is 1. The molecule has 1 aromatic carbocycles. The van der Waals surface area contributed by atoms with Gasteiger partial charge in [-0.2, -0.15) is 5.10 Å². The molecule has 1 saturated carbocycles. The van der Waals surface area contributed by atoms with E-state index in [1.54, 1.807) is 17.2 Å². The molecule has 2 N–H and O–H groups in total. The maximum Gasteiger partial charge on any atom is 0.272 e. The predicted octanol–water partition coefficient (Wildman–Crippen LogP) is 4.74. The topological polar surface area (TPSA) is 91.0 Å². The Morgan fingerprint density at radius 3 is 2.54 bits per heavy atom. The number of carbonyl (C=O) groups excluding carboxylic acids is 2. The van der Waals surface area contributed by atoms with Gasteiger partial charge in [0.2, 0.25) is 5.91 Å². The third-order valence-electron chi connectivity index (χ3n) is 8.76. The average molecular weight is 498 g/mol. The molecule has 3 atom stereocenters. The van der Waals surface area contributed by atoms with Gasteiger partial charge in [-0.25, -0.2) is 0 Å². The van der Waals surface area contributed by atoms with E-state index >= 15 is 0 Å². The molecule has 7 heteroatoms. The number of hydrogen-bond acceptors (Lipinski definition) is 4. The van der Waals surface area contributed by atoms with E-state index in [4.69, 9.17) is 0 Å². The second-order valence-corrected chi connectivity index (χ2v) is 12.3. The molecule has 2 fully saturated rings. The van der Waals surface area contributed by atoms with Crippen molar-refractivity contribution in [1.29, 1.82) is 0 Å². The summed E-state index contributed by atoms with van der Waals surface area (Å²) in [4.78, 5) is 32.9. The van der Waals surface area contributed by atoms with Crippen LogP contribution in [0, 0.1) is 5.92 Å². The molecule has 0 radical (unpaired) electrons. The monoisotopic (exact) mass is 497 g/mol. The molecule has 2 aliphatic carbocycles. The van der Waals surface area contributed by atoms with Gasteiger partial charge in [0.25, 0.3) is 5.91 Å². The lowest BCUT2D eigenvalue weighted by Crippen LogP contribution is -2.47. The van der Waals surface area contributed by atoms with Crippen LogP contribution < -0.4 is 5.32 Å². The van der Waals surface area contributed by atoms with Crippen molar-refractivity contribution in [3.8, 4) is 11.4 Å². The maximum atomic E-state index is 13.5. The number of fused-ring (bicyclic) bond motifs is 2. The Morgan fingerprint density at radius 1 is 1.00 bits per heavy atom. The molecule has 192 valence electrons. The first-order chi connectivity index (χ1) is 17.6. The molecule has 2 aromatic heterocycles. The van der Waals surface area contributed by atoms with Gasteiger partial charge >= 0.3 is 0 Å². The molecule has 6 rings (SSSR count). The van der Waals surface area contributed by atoms with Crippen LogP contribution in [-0.4, -0.2) is 44.0 Å². The number of hydrogen-bond donors (Lipinski definition) is 2. The minimum absolute atomic E-state index is 0.0812. The van der Waals surface area contributed by atoms with Crippen molar-refractivity contribution in [2.24, 2.45) is 5.92 Å². The van der Waals surface area contributed by atoms with Crippen LogP contribution in [-0.2, 0) is 22.2 Å². The van der Waals surface area contributed by atoms with Gasteiger partial charge in [-0.3, -0.25) is 19.7 Å². The molecule has 37 heavy (non-hydrogen) atoms. The largest absolute Gasteiger partial charge is 0.350 e. The van der Waals surface area contributed by atoms with Gasteiger partial charge in [0, 0.05) is 18.8 Å². The van der Waals surface area contributed by atoms with E-state index in [9.17, 15) is 9.59 Å². The zero-order valence-corrected chi connectivity index (χ0v) is 22.0. The smallest absolute Gasteiger partial charge is 0.272 e. The van der Waals surface area contributed by atoms with E-state index in [1.807, 2.05) is 18.2 Å². The molecule has 0 spiro atoms. The number of nitrogens with one attached hydrogen (secondary N) is 2. The molecule has 2 amide bonds. The van der Waals surface area contributed by atoms with Crippen LogP contribution >= 0.6 is 0 Å². The van der Waals surface area contributed by atoms with Crippen molar-refractivity contribution in [2.45, 2.75) is 82.8 Å². The first-order valence-electron chi connectivity index (χ1n) is 13.4. The molecule has 1 aliphatic heterocycles. The maximum absolute atomic E-state index is 13.5. The van der Waals surface area contributed by atoms with Gasteiger partial charge in [-0.15, -0.1) is 0 Å². The Labute approximate surface area is 218 Å². The van der Waals surface area contributed by atoms with Crippen molar-refractivity contribution in [3.05, 3.63) is 71.0 Å². The van der Waals surface area contributed by atoms with Crippen molar-refractivity contribution >= 4 is 11.8 Å². The fraction of sp³-hybridized carbons (Fsp3) is 0.467. The summed E-state index contributed by atoms with van der Waals surface area (Å²) in [6.45, 7) is 9.72. The van der Waals surface area contributed by atoms with Crippen molar-refractivity contribution < 1.29 is 9.59 Å². The van der Waals surface area contributed by atoms with E-state index in [0.29, 0.717) is 29.5 Å². The average Bonchev–Trinajstić information content (AvgIpc) is 3.30. The highest BCUT2D eigenvalue weighted by Crippen LogP contribution is 2.49. The lowest BCUT2D eigenvalue weighted by molar-refractivity contribution is -0.125. The van der Waals surface area contributed by atoms with Crippen LogP contribution in [0.2, 0.25) is 0 Å². The van der Waals surface area contributed by atoms with E-state index in [-0.39, 0.29) is 28.7 Å². The summed E-state index contributed by atoms with van der Waals surface area (Å²) < 4.78 is 0. The quantitative estimate of drug-likeness (QED) is 0.533. The van der Waals surface area contributed by atoms with Crippen LogP contribution in [0.1, 0.15) is 80.6 Å². The second kappa shape index (κ2) is 8.54. The SMILES string of the molecule is CC1(C)CCC(C)(C)c2cc(CNC(=O)[C@@H]3C[C@@H]4C[C@@H]4N3C(=O)c3cc(-c4ccccn4)n[nH]3)ccc21. The summed E-state index contributed by atoms with van der Waals surface area (Å²) in [5, 5.41) is 10.3. The lowest BCUT2D eigenvalue weighted by Gasteiger charge is -2.42. The fourth-order valence-electron chi connectivity index (χ4n) is 6.25. The molecule has 7 nitrogen and oxygen atoms in total. The van der Waals surface area contributed by atoms with E-state index < -0.39 is 6.04 Å². The first kappa shape index (κ1) is 23.9. The summed E-state index contributed by atoms with van der Waals surface area (Å²) in [5.74, 6) is 0.157. The minimum atomic E-state index is -0.453. The Balaban J connectivity index is 1.16. The van der Waals surface area contributed by atoms with Gasteiger partial charge in [0.05, 0.1) is 5.69 Å². The molecular weight excluding hydrogens is 462 g/mol. The zero-order valence-electron chi connectivity index (χ0n) is 22.0. The number of carbonyl (C=O) groups is 2. The molecule has 1 saturated heterocycles. The predicted molar refractivity (Wildman–Crippen MR) is 142 cm³/mol. The zero-order chi connectivity index (χ0) is 25.9. The molecular formula is C30H35N5O2. The second-order valence-electron chi connectivity index (χ2n) is 12.3. The molecule has 0 bridgehead atoms. The fourth-order valence-corrected chi connectivity index (χ4v) is 6.25. The highest BCUT2D eigenvalue weighted by molar-refractivity contribution is 5.98. The summed E-state index contributed by atoms with van der Waals surface area (Å²) in [7, 11) is 0. The van der Waals surface area contributed by atoms with Crippen molar-refractivity contribution in [2.75, 3.05) is 0 Å². The highest BCUT2D eigenvalue weighted by Gasteiger charge is 2.56. The Morgan fingerprint density at radius 2 is 1.78 bits per heavy atom. The summed E-state index contributed by atoms with van der Waals surface area (Å²) in [6.07, 6.45) is 5.71. The van der Waals surface area contributed by atoms with Gasteiger partial charge in [-0.1, -0.05) is 52.0 Å². The third-order valence-corrected chi connectivity index (χ3v) is 8.76. The Kier molecular flexibility index (Phi) is 5.51. The minimum Gasteiger partial charge on any atom is -0.350 e. The third kappa shape index (κ3) is 4.24. The van der Waals surface area contributed by atoms with Gasteiger partial charge in [-0.05, 0) is 77.3 Å². The van der Waals surface area contributed by atoms with E-state index in [2.05, 4.69) is 66.4 Å². The summed E-state index contributed by atoms with van der Waals surface area (Å²) in [6, 6.07) is 13.7. The highest BCUT2D eigenvalue weighted by atomic mass is 16.2. The van der Waals surface area contributed by atoms with E-state index in [0.717, 1.165) is 24.8 Å². The van der Waals surface area contributed by atoms with E-state index in [1.165, 1.54) is 17.5 Å². The van der Waals surface area contributed by atoms with Gasteiger partial charge in [0.1, 0.15) is 17.4 Å². The lowest BCUT2D eigenvalue weighted by atomic mass is 9.63. The van der Waals surface area contributed by atoms with Crippen LogP contribution in [0.3, 0.4) is 0 Å². The summed E-state index contributed by atoms with van der Waals surface area (Å²) >= 11 is 0. The van der Waals surface area contributed by atoms with Gasteiger partial charge in [0.15, 0.2) is 0 Å².